The Morgan fingerprint density at radius 2 is 1.56 bits per heavy atom. The van der Waals surface area contributed by atoms with Crippen LogP contribution < -0.4 is 5.32 Å². The molecule has 0 unspecified atom stereocenters. The Morgan fingerprint density at radius 3 is 2.32 bits per heavy atom. The lowest BCUT2D eigenvalue weighted by atomic mass is 10.2. The van der Waals surface area contributed by atoms with Gasteiger partial charge in [0.05, 0.1) is 0 Å². The molecule has 5 rings (SSSR count). The first-order chi connectivity index (χ1) is 12.4. The topological polar surface area (TPSA) is 72.9 Å². The van der Waals surface area contributed by atoms with Crippen LogP contribution in [0.2, 0.25) is 0 Å². The maximum Gasteiger partial charge on any atom is 0.200 e. The maximum absolute atomic E-state index is 4.34. The van der Waals surface area contributed by atoms with Gasteiger partial charge in [0.25, 0.3) is 0 Å². The number of anilines is 1. The van der Waals surface area contributed by atoms with E-state index in [1.54, 1.807) is 0 Å². The lowest BCUT2D eigenvalue weighted by Gasteiger charge is -2.09. The normalized spacial score (nSPS) is 11.5. The van der Waals surface area contributed by atoms with Gasteiger partial charge >= 0.3 is 0 Å². The Kier molecular flexibility index (Phi) is 3.09. The van der Waals surface area contributed by atoms with Crippen molar-refractivity contribution in [2.75, 3.05) is 11.9 Å². The lowest BCUT2D eigenvalue weighted by Crippen LogP contribution is -2.12. The summed E-state index contributed by atoms with van der Waals surface area (Å²) in [5.41, 5.74) is 3.12. The number of nitrogens with zero attached hydrogens (tertiary/aromatic N) is 6. The number of benzene rings is 2. The Morgan fingerprint density at radius 1 is 0.840 bits per heavy atom. The van der Waals surface area contributed by atoms with E-state index in [4.69, 9.17) is 0 Å². The quantitative estimate of drug-likeness (QED) is 0.549. The van der Waals surface area contributed by atoms with Crippen LogP contribution in [-0.2, 0) is 6.54 Å². The summed E-state index contributed by atoms with van der Waals surface area (Å²) in [4.78, 5) is 0. The molecule has 2 aromatic carbocycles. The monoisotopic (exact) mass is 329 g/mol. The molecule has 0 aliphatic heterocycles. The zero-order valence-corrected chi connectivity index (χ0v) is 13.4. The number of nitrogens with one attached hydrogen (secondary N) is 1. The molecule has 0 atom stereocenters. The zero-order valence-electron chi connectivity index (χ0n) is 13.4. The molecule has 0 radical (unpaired) electrons. The summed E-state index contributed by atoms with van der Waals surface area (Å²) in [5, 5.41) is 21.5. The van der Waals surface area contributed by atoms with E-state index in [0.717, 1.165) is 18.9 Å². The highest BCUT2D eigenvalue weighted by Crippen LogP contribution is 2.28. The van der Waals surface area contributed by atoms with Gasteiger partial charge in [0.2, 0.25) is 0 Å². The first-order valence-corrected chi connectivity index (χ1v) is 8.15. The van der Waals surface area contributed by atoms with Crippen molar-refractivity contribution < 1.29 is 0 Å². The van der Waals surface area contributed by atoms with Crippen LogP contribution in [0.25, 0.3) is 27.5 Å². The Labute approximate surface area is 142 Å². The second-order valence-corrected chi connectivity index (χ2v) is 5.86. The molecule has 0 spiro atoms. The molecule has 0 aliphatic rings. The highest BCUT2D eigenvalue weighted by molar-refractivity contribution is 6.07. The maximum atomic E-state index is 4.34. The number of hydrogen-bond acceptors (Lipinski definition) is 5. The van der Waals surface area contributed by atoms with Gasteiger partial charge in [-0.1, -0.05) is 36.4 Å². The van der Waals surface area contributed by atoms with Crippen molar-refractivity contribution in [1.29, 1.82) is 0 Å². The lowest BCUT2D eigenvalue weighted by molar-refractivity contribution is 0.726. The van der Waals surface area contributed by atoms with E-state index in [1.165, 1.54) is 26.4 Å². The largest absolute Gasteiger partial charge is 0.367 e. The molecule has 0 fully saturated rings. The molecule has 7 nitrogen and oxygen atoms in total. The summed E-state index contributed by atoms with van der Waals surface area (Å²) in [6.07, 6.45) is 0. The van der Waals surface area contributed by atoms with Crippen LogP contribution in [-0.4, -0.2) is 36.4 Å². The molecule has 0 aliphatic carbocycles. The fourth-order valence-corrected chi connectivity index (χ4v) is 3.28. The Balaban J connectivity index is 1.45. The second-order valence-electron chi connectivity index (χ2n) is 5.86. The van der Waals surface area contributed by atoms with Gasteiger partial charge in [-0.25, -0.2) is 0 Å². The predicted octanol–water partition coefficient (Wildman–Crippen LogP) is 2.74. The zero-order chi connectivity index (χ0) is 16.6. The van der Waals surface area contributed by atoms with Crippen LogP contribution in [0.3, 0.4) is 0 Å². The van der Waals surface area contributed by atoms with Gasteiger partial charge < -0.3 is 9.88 Å². The van der Waals surface area contributed by atoms with Crippen LogP contribution >= 0.6 is 0 Å². The summed E-state index contributed by atoms with van der Waals surface area (Å²) in [6.45, 7) is 1.59. The molecule has 25 heavy (non-hydrogen) atoms. The van der Waals surface area contributed by atoms with E-state index in [-0.39, 0.29) is 0 Å². The van der Waals surface area contributed by atoms with Crippen LogP contribution in [0.1, 0.15) is 0 Å². The van der Waals surface area contributed by atoms with Crippen molar-refractivity contribution in [1.82, 2.24) is 29.8 Å². The first-order valence-electron chi connectivity index (χ1n) is 8.15. The first kappa shape index (κ1) is 13.9. The Bertz CT molecular complexity index is 1130. The number of hydrogen-bond donors (Lipinski definition) is 1. The summed E-state index contributed by atoms with van der Waals surface area (Å²) in [7, 11) is 0. The molecular weight excluding hydrogens is 314 g/mol. The molecule has 5 aromatic rings. The van der Waals surface area contributed by atoms with Crippen LogP contribution in [0.5, 0.6) is 0 Å². The summed E-state index contributed by atoms with van der Waals surface area (Å²) in [5.74, 6) is 0.751. The van der Waals surface area contributed by atoms with E-state index in [9.17, 15) is 0 Å². The number of para-hydroxylation sites is 2. The van der Waals surface area contributed by atoms with E-state index in [2.05, 4.69) is 79.0 Å². The van der Waals surface area contributed by atoms with Crippen LogP contribution in [0.15, 0.2) is 60.7 Å². The summed E-state index contributed by atoms with van der Waals surface area (Å²) >= 11 is 0. The fraction of sp³-hybridized carbons (Fsp3) is 0.111. The van der Waals surface area contributed by atoms with Crippen molar-refractivity contribution in [3.05, 3.63) is 60.7 Å². The van der Waals surface area contributed by atoms with Crippen molar-refractivity contribution in [2.24, 2.45) is 0 Å². The van der Waals surface area contributed by atoms with E-state index in [1.807, 2.05) is 12.1 Å². The molecule has 3 aromatic heterocycles. The van der Waals surface area contributed by atoms with Gasteiger partial charge in [-0.15, -0.1) is 14.8 Å². The van der Waals surface area contributed by atoms with Crippen molar-refractivity contribution in [3.8, 4) is 0 Å². The van der Waals surface area contributed by atoms with Gasteiger partial charge in [0, 0.05) is 34.9 Å². The molecule has 0 bridgehead atoms. The number of rotatable bonds is 4. The number of aromatic nitrogens is 6. The molecule has 0 saturated heterocycles. The van der Waals surface area contributed by atoms with Gasteiger partial charge in [-0.05, 0) is 34.7 Å². The third kappa shape index (κ3) is 2.28. The van der Waals surface area contributed by atoms with Crippen molar-refractivity contribution >= 4 is 33.3 Å². The molecule has 7 heteroatoms. The average Bonchev–Trinajstić information content (AvgIpc) is 3.25. The smallest absolute Gasteiger partial charge is 0.200 e. The van der Waals surface area contributed by atoms with E-state index < -0.39 is 0 Å². The highest BCUT2D eigenvalue weighted by atomic mass is 15.6. The molecule has 122 valence electrons. The molecule has 1 N–H and O–H groups in total. The van der Waals surface area contributed by atoms with E-state index >= 15 is 0 Å². The minimum atomic E-state index is 0.632. The van der Waals surface area contributed by atoms with E-state index in [0.29, 0.717) is 5.65 Å². The van der Waals surface area contributed by atoms with Crippen molar-refractivity contribution in [2.45, 2.75) is 6.54 Å². The summed E-state index contributed by atoms with van der Waals surface area (Å²) < 4.78 is 3.76. The minimum Gasteiger partial charge on any atom is -0.367 e. The third-order valence-electron chi connectivity index (χ3n) is 4.39. The number of fused-ring (bicyclic) bond motifs is 4. The molecule has 0 amide bonds. The van der Waals surface area contributed by atoms with Gasteiger partial charge in [0.15, 0.2) is 5.65 Å². The second kappa shape index (κ2) is 5.55. The fourth-order valence-electron chi connectivity index (χ4n) is 3.28. The molecule has 0 saturated carbocycles. The summed E-state index contributed by atoms with van der Waals surface area (Å²) in [6, 6.07) is 20.8. The van der Waals surface area contributed by atoms with Gasteiger partial charge in [0.1, 0.15) is 5.82 Å². The van der Waals surface area contributed by atoms with Crippen molar-refractivity contribution in [3.63, 3.8) is 0 Å². The molecular formula is C18H15N7. The number of tetrazole rings is 1. The molecule has 3 heterocycles. The van der Waals surface area contributed by atoms with Gasteiger partial charge in [-0.3, -0.25) is 0 Å². The van der Waals surface area contributed by atoms with Crippen LogP contribution in [0.4, 0.5) is 5.82 Å². The highest BCUT2D eigenvalue weighted by Gasteiger charge is 2.09. The Hall–Kier alpha value is -3.48. The standard InChI is InChI=1S/C18H15N7/c1-3-7-15-13(5-1)14-6-2-4-8-16(14)24(15)12-11-19-17-9-10-18-20-22-23-25(18)21-17/h1-10H,11-12H2,(H,19,21). The average molecular weight is 329 g/mol. The van der Waals surface area contributed by atoms with Gasteiger partial charge in [-0.2, -0.15) is 0 Å². The third-order valence-corrected chi connectivity index (χ3v) is 4.39. The SMILES string of the molecule is c1ccc2c(c1)c1ccccc1n2CCNc1ccc2nnnn2n1. The van der Waals surface area contributed by atoms with Crippen LogP contribution in [0, 0.1) is 0 Å². The predicted molar refractivity (Wildman–Crippen MR) is 96.5 cm³/mol. The minimum absolute atomic E-state index is 0.632.